The topological polar surface area (TPSA) is 80.8 Å². The number of nitrogens with two attached hydrogens (primary N) is 1. The van der Waals surface area contributed by atoms with Crippen LogP contribution in [0.15, 0.2) is 65.5 Å². The first kappa shape index (κ1) is 27.6. The summed E-state index contributed by atoms with van der Waals surface area (Å²) in [6, 6.07) is 13.6. The molecule has 0 aliphatic carbocycles. The van der Waals surface area contributed by atoms with Gasteiger partial charge >= 0.3 is 0 Å². The van der Waals surface area contributed by atoms with Crippen LogP contribution in [0.2, 0.25) is 0 Å². The summed E-state index contributed by atoms with van der Waals surface area (Å²) >= 11 is 1.51. The minimum Gasteiger partial charge on any atom is -0.441 e. The van der Waals surface area contributed by atoms with Crippen LogP contribution in [0.3, 0.4) is 0 Å². The molecular formula is C29H32F2N4O2S. The van der Waals surface area contributed by atoms with Gasteiger partial charge in [0.15, 0.2) is 0 Å². The lowest BCUT2D eigenvalue weighted by atomic mass is 9.93. The van der Waals surface area contributed by atoms with Crippen LogP contribution in [0.4, 0.5) is 8.78 Å². The number of likely N-dealkylation sites (tertiary alicyclic amines) is 1. The van der Waals surface area contributed by atoms with Gasteiger partial charge in [-0.1, -0.05) is 36.9 Å². The monoisotopic (exact) mass is 538 g/mol. The number of thiazole rings is 1. The fraction of sp³-hybridized carbons (Fsp3) is 0.345. The lowest BCUT2D eigenvalue weighted by molar-refractivity contribution is 0.0735. The van der Waals surface area contributed by atoms with E-state index in [1.807, 2.05) is 42.6 Å². The molecular weight excluding hydrogens is 506 g/mol. The van der Waals surface area contributed by atoms with Crippen LogP contribution in [-0.2, 0) is 11.2 Å². The zero-order chi connectivity index (χ0) is 27.4. The molecule has 9 heteroatoms. The number of carbonyl (C=O) groups excluding carboxylic acids is 1. The van der Waals surface area contributed by atoms with Crippen LogP contribution in [0.5, 0.6) is 0 Å². The second-order valence-corrected chi connectivity index (χ2v) is 10.7. The highest BCUT2D eigenvalue weighted by Gasteiger charge is 2.33. The number of rotatable bonds is 8. The molecule has 1 unspecified atom stereocenters. The van der Waals surface area contributed by atoms with Crippen LogP contribution in [0, 0.1) is 6.92 Å². The number of alkyl halides is 2. The van der Waals surface area contributed by atoms with E-state index in [1.54, 1.807) is 18.9 Å². The summed E-state index contributed by atoms with van der Waals surface area (Å²) in [7, 11) is 1.55. The van der Waals surface area contributed by atoms with Crippen molar-refractivity contribution < 1.29 is 18.3 Å². The van der Waals surface area contributed by atoms with E-state index in [4.69, 9.17) is 10.5 Å². The molecule has 0 radical (unpaired) electrons. The van der Waals surface area contributed by atoms with E-state index in [0.29, 0.717) is 13.0 Å². The van der Waals surface area contributed by atoms with Crippen LogP contribution in [0.25, 0.3) is 5.76 Å². The number of benzene rings is 2. The molecule has 1 aliphatic rings. The van der Waals surface area contributed by atoms with Crippen molar-refractivity contribution in [2.75, 3.05) is 13.6 Å². The third-order valence-electron chi connectivity index (χ3n) is 6.54. The van der Waals surface area contributed by atoms with Gasteiger partial charge in [0.25, 0.3) is 12.3 Å². The highest BCUT2D eigenvalue weighted by molar-refractivity contribution is 7.09. The number of aromatic nitrogens is 1. The second kappa shape index (κ2) is 11.5. The molecule has 4 rings (SSSR count). The lowest BCUT2D eigenvalue weighted by Crippen LogP contribution is -2.48. The summed E-state index contributed by atoms with van der Waals surface area (Å²) in [5.41, 5.74) is 7.60. The van der Waals surface area contributed by atoms with Gasteiger partial charge < -0.3 is 15.4 Å². The first-order chi connectivity index (χ1) is 18.1. The molecule has 200 valence electrons. The van der Waals surface area contributed by atoms with Gasteiger partial charge in [0.05, 0.1) is 11.6 Å². The average molecular weight is 539 g/mol. The van der Waals surface area contributed by atoms with Gasteiger partial charge in [0.2, 0.25) is 5.90 Å². The Morgan fingerprint density at radius 1 is 1.29 bits per heavy atom. The molecule has 6 nitrogen and oxygen atoms in total. The maximum Gasteiger partial charge on any atom is 0.263 e. The van der Waals surface area contributed by atoms with Gasteiger partial charge in [-0.15, -0.1) is 11.3 Å². The fourth-order valence-corrected chi connectivity index (χ4v) is 5.65. The molecule has 0 bridgehead atoms. The Hall–Kier alpha value is -3.43. The van der Waals surface area contributed by atoms with Crippen molar-refractivity contribution in [3.63, 3.8) is 0 Å². The molecule has 38 heavy (non-hydrogen) atoms. The fourth-order valence-electron chi connectivity index (χ4n) is 4.71. The molecule has 3 aromatic rings. The predicted octanol–water partition coefficient (Wildman–Crippen LogP) is 6.34. The Kier molecular flexibility index (Phi) is 8.38. The zero-order valence-corrected chi connectivity index (χ0v) is 22.6. The minimum atomic E-state index is -2.78. The maximum atomic E-state index is 13.9. The van der Waals surface area contributed by atoms with E-state index < -0.39 is 12.0 Å². The summed E-state index contributed by atoms with van der Waals surface area (Å²) in [4.78, 5) is 24.1. The van der Waals surface area contributed by atoms with Gasteiger partial charge in [-0.2, -0.15) is 0 Å². The van der Waals surface area contributed by atoms with E-state index in [9.17, 15) is 13.6 Å². The number of amides is 1. The van der Waals surface area contributed by atoms with Crippen LogP contribution >= 0.6 is 11.3 Å². The molecule has 2 atom stereocenters. The van der Waals surface area contributed by atoms with E-state index in [0.717, 1.165) is 29.1 Å². The summed E-state index contributed by atoms with van der Waals surface area (Å²) < 4.78 is 33.7. The van der Waals surface area contributed by atoms with Crippen molar-refractivity contribution in [3.8, 4) is 0 Å². The molecule has 2 N–H and O–H groups in total. The standard InChI is InChI=1S/C29H32F2N4O2S/c1-18-17-38-26(34-18)24-11-8-12-35(24)27(36)23-14-21(13-22(15-23)25(30)31)19(2)37-28(33-4)29(3,32)16-20-9-6-5-7-10-20/h5-7,9-10,13-15,17,24-25H,2,8,11-12,16,32H2,1,3-4H3/b33-28-/t24-,29?/m1/s1. The van der Waals surface area contributed by atoms with Crippen molar-refractivity contribution in [2.24, 2.45) is 10.7 Å². The molecule has 1 saturated heterocycles. The number of ether oxygens (including phenoxy) is 1. The first-order valence-electron chi connectivity index (χ1n) is 12.4. The molecule has 0 saturated carbocycles. The van der Waals surface area contributed by atoms with Crippen molar-refractivity contribution in [1.82, 2.24) is 9.88 Å². The van der Waals surface area contributed by atoms with Gasteiger partial charge in [-0.3, -0.25) is 9.79 Å². The molecule has 1 aliphatic heterocycles. The van der Waals surface area contributed by atoms with Crippen LogP contribution < -0.4 is 5.73 Å². The third-order valence-corrected chi connectivity index (χ3v) is 7.60. The average Bonchev–Trinajstić information content (AvgIpc) is 3.55. The number of hydrogen-bond acceptors (Lipinski definition) is 6. The van der Waals surface area contributed by atoms with Gasteiger partial charge in [0.1, 0.15) is 10.8 Å². The molecule has 2 heterocycles. The highest BCUT2D eigenvalue weighted by atomic mass is 32.1. The van der Waals surface area contributed by atoms with Crippen molar-refractivity contribution in [2.45, 2.75) is 51.1 Å². The summed E-state index contributed by atoms with van der Waals surface area (Å²) in [5.74, 6) is -0.0325. The highest BCUT2D eigenvalue weighted by Crippen LogP contribution is 2.36. The molecule has 1 amide bonds. The van der Waals surface area contributed by atoms with Gasteiger partial charge in [-0.05, 0) is 56.9 Å². The van der Waals surface area contributed by atoms with Crippen molar-refractivity contribution >= 4 is 28.9 Å². The number of aryl methyl sites for hydroxylation is 1. The van der Waals surface area contributed by atoms with Crippen LogP contribution in [-0.4, -0.2) is 40.8 Å². The predicted molar refractivity (Wildman–Crippen MR) is 147 cm³/mol. The third kappa shape index (κ3) is 6.16. The Balaban J connectivity index is 1.59. The Morgan fingerprint density at radius 3 is 2.63 bits per heavy atom. The number of aliphatic imine (C=N–C) groups is 1. The van der Waals surface area contributed by atoms with Gasteiger partial charge in [0, 0.05) is 41.4 Å². The quantitative estimate of drug-likeness (QED) is 0.206. The summed E-state index contributed by atoms with van der Waals surface area (Å²) in [5, 5.41) is 2.80. The molecule has 2 aromatic carbocycles. The first-order valence-corrected chi connectivity index (χ1v) is 13.3. The summed E-state index contributed by atoms with van der Waals surface area (Å²) in [6.07, 6.45) is -0.731. The van der Waals surface area contributed by atoms with E-state index in [-0.39, 0.29) is 40.3 Å². The smallest absolute Gasteiger partial charge is 0.263 e. The zero-order valence-electron chi connectivity index (χ0n) is 21.8. The Morgan fingerprint density at radius 2 is 2.00 bits per heavy atom. The molecule has 1 aromatic heterocycles. The molecule has 1 fully saturated rings. The molecule has 0 spiro atoms. The second-order valence-electron chi connectivity index (χ2n) is 9.76. The van der Waals surface area contributed by atoms with E-state index in [2.05, 4.69) is 16.6 Å². The minimum absolute atomic E-state index is 0.0837. The number of carbonyl (C=O) groups is 1. The SMILES string of the molecule is C=C(O/C(=N\C)C(C)(N)Cc1ccccc1)c1cc(C(=O)N2CCC[C@@H]2c2nc(C)cs2)cc(C(F)F)c1. The van der Waals surface area contributed by atoms with Crippen molar-refractivity contribution in [1.29, 1.82) is 0 Å². The Bertz CT molecular complexity index is 1340. The van der Waals surface area contributed by atoms with Gasteiger partial charge in [-0.25, -0.2) is 13.8 Å². The number of hydrogen-bond donors (Lipinski definition) is 1. The van der Waals surface area contributed by atoms with E-state index in [1.165, 1.54) is 29.5 Å². The lowest BCUT2D eigenvalue weighted by Gasteiger charge is -2.27. The largest absolute Gasteiger partial charge is 0.441 e. The number of nitrogens with zero attached hydrogens (tertiary/aromatic N) is 3. The number of halogens is 2. The maximum absolute atomic E-state index is 13.9. The normalized spacial score (nSPS) is 17.5. The summed E-state index contributed by atoms with van der Waals surface area (Å²) in [6.45, 7) is 8.19. The van der Waals surface area contributed by atoms with Crippen molar-refractivity contribution in [3.05, 3.63) is 93.4 Å². The van der Waals surface area contributed by atoms with E-state index >= 15 is 0 Å². The Labute approximate surface area is 225 Å². The van der Waals surface area contributed by atoms with Crippen LogP contribution in [0.1, 0.15) is 70.0 Å².